The summed E-state index contributed by atoms with van der Waals surface area (Å²) < 4.78 is 19.4. The van der Waals surface area contributed by atoms with E-state index in [0.29, 0.717) is 28.2 Å². The predicted octanol–water partition coefficient (Wildman–Crippen LogP) is 4.54. The number of benzene rings is 2. The Morgan fingerprint density at radius 2 is 2.20 bits per heavy atom. The van der Waals surface area contributed by atoms with Crippen molar-refractivity contribution in [3.05, 3.63) is 58.1 Å². The minimum absolute atomic E-state index is 0.173. The van der Waals surface area contributed by atoms with Gasteiger partial charge in [0.2, 0.25) is 0 Å². The number of nitrogens with one attached hydrogen (secondary N) is 1. The molecule has 0 fully saturated rings. The van der Waals surface area contributed by atoms with Crippen LogP contribution in [-0.2, 0) is 0 Å². The van der Waals surface area contributed by atoms with Gasteiger partial charge in [0.05, 0.1) is 21.1 Å². The maximum atomic E-state index is 13.3. The highest BCUT2D eigenvalue weighted by Gasteiger charge is 2.09. The third-order valence-corrected chi connectivity index (χ3v) is 4.02. The van der Waals surface area contributed by atoms with Crippen LogP contribution in [0.15, 0.2) is 40.9 Å². The van der Waals surface area contributed by atoms with Gasteiger partial charge >= 0.3 is 0 Å². The van der Waals surface area contributed by atoms with Crippen LogP contribution < -0.4 is 4.74 Å². The molecular weight excluding hydrogens is 385 g/mol. The summed E-state index contributed by atoms with van der Waals surface area (Å²) >= 11 is 3.41. The number of H-pyrrole nitrogens is 1. The van der Waals surface area contributed by atoms with Crippen LogP contribution in [0.25, 0.3) is 22.7 Å². The third-order valence-electron chi connectivity index (χ3n) is 3.40. The quantitative estimate of drug-likeness (QED) is 0.520. The van der Waals surface area contributed by atoms with Crippen molar-refractivity contribution in [3.8, 4) is 24.2 Å². The molecule has 2 aromatic carbocycles. The first-order valence-corrected chi connectivity index (χ1v) is 8.03. The van der Waals surface area contributed by atoms with Crippen LogP contribution in [0.1, 0.15) is 11.4 Å². The monoisotopic (exact) mass is 395 g/mol. The fourth-order valence-corrected chi connectivity index (χ4v) is 2.78. The second kappa shape index (κ2) is 7.21. The van der Waals surface area contributed by atoms with Gasteiger partial charge < -0.3 is 9.72 Å². The smallest absolute Gasteiger partial charge is 0.149 e. The number of nitrogens with zero attached hydrogens (tertiary/aromatic N) is 2. The summed E-state index contributed by atoms with van der Waals surface area (Å²) in [6, 6.07) is 11.7. The van der Waals surface area contributed by atoms with Crippen molar-refractivity contribution in [2.45, 2.75) is 0 Å². The normalized spacial score (nSPS) is 11.1. The van der Waals surface area contributed by atoms with E-state index in [-0.39, 0.29) is 12.4 Å². The summed E-state index contributed by atoms with van der Waals surface area (Å²) in [5.74, 6) is 3.04. The first-order valence-electron chi connectivity index (χ1n) is 7.24. The average Bonchev–Trinajstić information content (AvgIpc) is 3.01. The summed E-state index contributed by atoms with van der Waals surface area (Å²) in [4.78, 5) is 7.29. The number of hydrogen-bond acceptors (Lipinski definition) is 3. The third kappa shape index (κ3) is 3.71. The van der Waals surface area contributed by atoms with Gasteiger partial charge in [0.25, 0.3) is 0 Å². The van der Waals surface area contributed by atoms with E-state index >= 15 is 0 Å². The number of nitriles is 1. The molecule has 1 heterocycles. The Morgan fingerprint density at radius 3 is 2.92 bits per heavy atom. The highest BCUT2D eigenvalue weighted by atomic mass is 79.9. The van der Waals surface area contributed by atoms with Gasteiger partial charge in [0.15, 0.2) is 0 Å². The Kier molecular flexibility index (Phi) is 4.83. The van der Waals surface area contributed by atoms with E-state index in [0.717, 1.165) is 10.0 Å². The van der Waals surface area contributed by atoms with Gasteiger partial charge in [-0.25, -0.2) is 9.37 Å². The second-order valence-electron chi connectivity index (χ2n) is 5.10. The lowest BCUT2D eigenvalue weighted by Gasteiger charge is -2.05. The van der Waals surface area contributed by atoms with Gasteiger partial charge in [-0.05, 0) is 57.9 Å². The van der Waals surface area contributed by atoms with Crippen LogP contribution in [0, 0.1) is 29.5 Å². The molecule has 0 radical (unpaired) electrons. The van der Waals surface area contributed by atoms with E-state index in [1.165, 1.54) is 12.1 Å². The summed E-state index contributed by atoms with van der Waals surface area (Å²) in [6.07, 6.45) is 6.86. The molecule has 1 N–H and O–H groups in total. The summed E-state index contributed by atoms with van der Waals surface area (Å²) in [6.45, 7) is 0.173. The number of ether oxygens (including phenoxy) is 1. The van der Waals surface area contributed by atoms with E-state index in [1.54, 1.807) is 24.3 Å². The average molecular weight is 396 g/mol. The van der Waals surface area contributed by atoms with Crippen molar-refractivity contribution in [2.75, 3.05) is 6.61 Å². The molecule has 0 saturated heterocycles. The van der Waals surface area contributed by atoms with Crippen molar-refractivity contribution in [1.29, 1.82) is 5.26 Å². The van der Waals surface area contributed by atoms with Crippen LogP contribution in [0.5, 0.6) is 5.75 Å². The minimum atomic E-state index is -0.364. The molecule has 3 rings (SSSR count). The maximum Gasteiger partial charge on any atom is 0.149 e. The molecule has 25 heavy (non-hydrogen) atoms. The molecule has 0 saturated carbocycles. The lowest BCUT2D eigenvalue weighted by molar-refractivity contribution is 0.368. The topological polar surface area (TPSA) is 61.7 Å². The Bertz CT molecular complexity index is 1060. The zero-order valence-corrected chi connectivity index (χ0v) is 14.5. The van der Waals surface area contributed by atoms with Crippen LogP contribution >= 0.6 is 15.9 Å². The molecule has 0 aliphatic heterocycles. The lowest BCUT2D eigenvalue weighted by Crippen LogP contribution is -1.94. The van der Waals surface area contributed by atoms with E-state index < -0.39 is 0 Å². The molecule has 3 aromatic rings. The van der Waals surface area contributed by atoms with Crippen molar-refractivity contribution in [3.63, 3.8) is 0 Å². The first-order chi connectivity index (χ1) is 12.1. The van der Waals surface area contributed by atoms with Crippen LogP contribution in [-0.4, -0.2) is 16.6 Å². The Morgan fingerprint density at radius 1 is 1.36 bits per heavy atom. The molecule has 0 aliphatic carbocycles. The number of hydrogen-bond donors (Lipinski definition) is 1. The molecule has 0 spiro atoms. The zero-order valence-electron chi connectivity index (χ0n) is 12.9. The van der Waals surface area contributed by atoms with Crippen molar-refractivity contribution < 1.29 is 9.13 Å². The number of aromatic amines is 1. The number of fused-ring (bicyclic) bond motifs is 1. The van der Waals surface area contributed by atoms with Crippen molar-refractivity contribution in [1.82, 2.24) is 9.97 Å². The number of terminal acetylenes is 1. The molecule has 6 heteroatoms. The number of rotatable bonds is 4. The Balaban J connectivity index is 1.95. The molecule has 0 amide bonds. The number of allylic oxidation sites excluding steroid dienone is 1. The van der Waals surface area contributed by atoms with Crippen LogP contribution in [0.4, 0.5) is 4.39 Å². The molecule has 0 unspecified atom stereocenters. The summed E-state index contributed by atoms with van der Waals surface area (Å²) in [5.41, 5.74) is 2.25. The molecule has 0 atom stereocenters. The van der Waals surface area contributed by atoms with Gasteiger partial charge in [-0.1, -0.05) is 12.0 Å². The van der Waals surface area contributed by atoms with E-state index in [1.807, 2.05) is 6.07 Å². The number of imidazole rings is 1. The second-order valence-corrected chi connectivity index (χ2v) is 5.95. The van der Waals surface area contributed by atoms with E-state index in [9.17, 15) is 9.65 Å². The summed E-state index contributed by atoms with van der Waals surface area (Å²) in [5, 5.41) is 9.45. The zero-order chi connectivity index (χ0) is 17.8. The van der Waals surface area contributed by atoms with Crippen LogP contribution in [0.3, 0.4) is 0 Å². The molecule has 1 aromatic heterocycles. The highest BCUT2D eigenvalue weighted by Crippen LogP contribution is 2.28. The first kappa shape index (κ1) is 16.8. The fraction of sp³-hybridized carbons (Fsp3) is 0.0526. The van der Waals surface area contributed by atoms with E-state index in [2.05, 4.69) is 37.9 Å². The SMILES string of the molecule is C#CCOc1ccc(/C=C(/C#N)c2nc3ccc(F)cc3[nH]2)cc1Br. The predicted molar refractivity (Wildman–Crippen MR) is 98.0 cm³/mol. The maximum absolute atomic E-state index is 13.3. The van der Waals surface area contributed by atoms with Crippen molar-refractivity contribution in [2.24, 2.45) is 0 Å². The molecule has 4 nitrogen and oxygen atoms in total. The van der Waals surface area contributed by atoms with Gasteiger partial charge in [0.1, 0.15) is 30.1 Å². The summed E-state index contributed by atoms with van der Waals surface area (Å²) in [7, 11) is 0. The molecular formula is C19H11BrFN3O. The van der Waals surface area contributed by atoms with Gasteiger partial charge in [0, 0.05) is 0 Å². The minimum Gasteiger partial charge on any atom is -0.480 e. The van der Waals surface area contributed by atoms with Crippen molar-refractivity contribution >= 4 is 38.6 Å². The molecule has 122 valence electrons. The standard InChI is InChI=1S/C19H11BrFN3O/c1-2-7-25-18-6-3-12(9-15(18)20)8-13(11-22)19-23-16-5-4-14(21)10-17(16)24-19/h1,3-6,8-10H,7H2,(H,23,24)/b13-8-. The largest absolute Gasteiger partial charge is 0.480 e. The van der Waals surface area contributed by atoms with Crippen LogP contribution in [0.2, 0.25) is 0 Å². The Hall–Kier alpha value is -3.09. The fourth-order valence-electron chi connectivity index (χ4n) is 2.27. The highest BCUT2D eigenvalue weighted by molar-refractivity contribution is 9.10. The Labute approximate surface area is 152 Å². The molecule has 0 bridgehead atoms. The van der Waals surface area contributed by atoms with Gasteiger partial charge in [-0.15, -0.1) is 6.42 Å². The van der Waals surface area contributed by atoms with Gasteiger partial charge in [-0.2, -0.15) is 5.26 Å². The van der Waals surface area contributed by atoms with E-state index in [4.69, 9.17) is 11.2 Å². The number of aromatic nitrogens is 2. The lowest BCUT2D eigenvalue weighted by atomic mass is 10.1. The number of halogens is 2. The van der Waals surface area contributed by atoms with Gasteiger partial charge in [-0.3, -0.25) is 0 Å². The molecule has 0 aliphatic rings.